The number of carbonyl (C=O) groups excluding carboxylic acids is 2. The van der Waals surface area contributed by atoms with Gasteiger partial charge in [-0.15, -0.1) is 0 Å². The van der Waals surface area contributed by atoms with Gasteiger partial charge in [-0.1, -0.05) is 6.92 Å². The predicted molar refractivity (Wildman–Crippen MR) is 57.3 cm³/mol. The van der Waals surface area contributed by atoms with Crippen LogP contribution in [0, 0.1) is 17.8 Å². The molecule has 3 heteroatoms. The lowest BCUT2D eigenvalue weighted by molar-refractivity contribution is -0.137. The second-order valence-electron chi connectivity index (χ2n) is 4.97. The Morgan fingerprint density at radius 3 is 2.80 bits per heavy atom. The van der Waals surface area contributed by atoms with E-state index in [-0.39, 0.29) is 11.8 Å². The largest absolute Gasteiger partial charge is 0.343 e. The highest BCUT2D eigenvalue weighted by Gasteiger charge is 2.39. The lowest BCUT2D eigenvalue weighted by atomic mass is 9.69. The number of amides is 1. The lowest BCUT2D eigenvalue weighted by Gasteiger charge is -2.43. The molecule has 1 aliphatic carbocycles. The molecule has 15 heavy (non-hydrogen) atoms. The molecule has 3 atom stereocenters. The quantitative estimate of drug-likeness (QED) is 0.606. The third kappa shape index (κ3) is 1.92. The van der Waals surface area contributed by atoms with Gasteiger partial charge in [0, 0.05) is 32.4 Å². The fourth-order valence-corrected chi connectivity index (χ4v) is 3.04. The summed E-state index contributed by atoms with van der Waals surface area (Å²) in [6.07, 6.45) is 2.88. The molecule has 0 spiro atoms. The molecule has 0 aromatic carbocycles. The van der Waals surface area contributed by atoms with Crippen LogP contribution in [0.3, 0.4) is 0 Å². The molecule has 1 amide bonds. The average Bonchev–Trinajstić information content (AvgIpc) is 2.23. The fourth-order valence-electron chi connectivity index (χ4n) is 3.04. The molecule has 1 saturated carbocycles. The van der Waals surface area contributed by atoms with Crippen LogP contribution in [0.4, 0.5) is 0 Å². The minimum Gasteiger partial charge on any atom is -0.343 e. The van der Waals surface area contributed by atoms with Gasteiger partial charge in [-0.25, -0.2) is 0 Å². The molecular weight excluding hydrogens is 190 g/mol. The Labute approximate surface area is 90.8 Å². The molecule has 1 aliphatic heterocycles. The van der Waals surface area contributed by atoms with Gasteiger partial charge in [-0.05, 0) is 24.7 Å². The molecule has 2 rings (SSSR count). The number of fused-ring (bicyclic) bond motifs is 1. The highest BCUT2D eigenvalue weighted by molar-refractivity contribution is 5.82. The lowest BCUT2D eigenvalue weighted by Crippen LogP contribution is -2.48. The van der Waals surface area contributed by atoms with E-state index in [0.717, 1.165) is 32.4 Å². The summed E-state index contributed by atoms with van der Waals surface area (Å²) in [5, 5.41) is 0. The van der Waals surface area contributed by atoms with Gasteiger partial charge >= 0.3 is 0 Å². The monoisotopic (exact) mass is 209 g/mol. The molecule has 0 N–H and O–H groups in total. The van der Waals surface area contributed by atoms with Crippen LogP contribution in [-0.2, 0) is 9.59 Å². The van der Waals surface area contributed by atoms with E-state index in [9.17, 15) is 9.59 Å². The zero-order chi connectivity index (χ0) is 11.0. The Balaban J connectivity index is 2.08. The first-order chi connectivity index (χ1) is 7.09. The van der Waals surface area contributed by atoms with Crippen molar-refractivity contribution in [3.63, 3.8) is 0 Å². The minimum atomic E-state index is 0.152. The summed E-state index contributed by atoms with van der Waals surface area (Å²) >= 11 is 0. The average molecular weight is 209 g/mol. The second kappa shape index (κ2) is 3.95. The maximum atomic E-state index is 11.6. The molecular formula is C12H19NO2. The number of piperidine rings is 1. The first-order valence-electron chi connectivity index (χ1n) is 5.88. The summed E-state index contributed by atoms with van der Waals surface area (Å²) in [7, 11) is 0. The van der Waals surface area contributed by atoms with Gasteiger partial charge in [0.05, 0.1) is 0 Å². The zero-order valence-corrected chi connectivity index (χ0v) is 9.53. The van der Waals surface area contributed by atoms with Crippen molar-refractivity contribution in [1.29, 1.82) is 0 Å². The molecule has 3 nitrogen and oxygen atoms in total. The number of ketones is 1. The SMILES string of the molecule is CC(=O)N1CC[C@@H]2CCC(=O)[C@H](C)[C@@H]2C1. The van der Waals surface area contributed by atoms with Crippen LogP contribution < -0.4 is 0 Å². The fraction of sp³-hybridized carbons (Fsp3) is 0.833. The number of likely N-dealkylation sites (tertiary alicyclic amines) is 1. The first-order valence-corrected chi connectivity index (χ1v) is 5.88. The van der Waals surface area contributed by atoms with Gasteiger partial charge in [-0.2, -0.15) is 0 Å². The number of carbonyl (C=O) groups is 2. The number of hydrogen-bond acceptors (Lipinski definition) is 2. The summed E-state index contributed by atoms with van der Waals surface area (Å²) in [5.74, 6) is 1.79. The Bertz CT molecular complexity index is 287. The third-order valence-electron chi connectivity index (χ3n) is 4.16. The van der Waals surface area contributed by atoms with E-state index in [4.69, 9.17) is 0 Å². The topological polar surface area (TPSA) is 37.4 Å². The zero-order valence-electron chi connectivity index (χ0n) is 9.53. The summed E-state index contributed by atoms with van der Waals surface area (Å²) in [6, 6.07) is 0. The van der Waals surface area contributed by atoms with Crippen LogP contribution >= 0.6 is 0 Å². The molecule has 0 bridgehead atoms. The third-order valence-corrected chi connectivity index (χ3v) is 4.16. The maximum absolute atomic E-state index is 11.6. The van der Waals surface area contributed by atoms with E-state index >= 15 is 0 Å². The van der Waals surface area contributed by atoms with Crippen molar-refractivity contribution in [3.05, 3.63) is 0 Å². The summed E-state index contributed by atoms with van der Waals surface area (Å²) in [4.78, 5) is 24.8. The van der Waals surface area contributed by atoms with Crippen molar-refractivity contribution in [3.8, 4) is 0 Å². The van der Waals surface area contributed by atoms with E-state index in [1.165, 1.54) is 0 Å². The van der Waals surface area contributed by atoms with Crippen molar-refractivity contribution in [2.75, 3.05) is 13.1 Å². The predicted octanol–water partition coefficient (Wildman–Crippen LogP) is 1.47. The molecule has 0 aromatic heterocycles. The minimum absolute atomic E-state index is 0.152. The highest BCUT2D eigenvalue weighted by Crippen LogP contribution is 2.38. The number of rotatable bonds is 0. The maximum Gasteiger partial charge on any atom is 0.219 e. The van der Waals surface area contributed by atoms with Gasteiger partial charge in [-0.3, -0.25) is 9.59 Å². The molecule has 84 valence electrons. The number of nitrogens with zero attached hydrogens (tertiary/aromatic N) is 1. The van der Waals surface area contributed by atoms with Gasteiger partial charge in [0.25, 0.3) is 0 Å². The van der Waals surface area contributed by atoms with Crippen LogP contribution in [0.25, 0.3) is 0 Å². The smallest absolute Gasteiger partial charge is 0.219 e. The van der Waals surface area contributed by atoms with E-state index in [0.29, 0.717) is 17.6 Å². The van der Waals surface area contributed by atoms with Gasteiger partial charge in [0.2, 0.25) is 5.91 Å². The molecule has 0 unspecified atom stereocenters. The van der Waals surface area contributed by atoms with Crippen molar-refractivity contribution < 1.29 is 9.59 Å². The first kappa shape index (κ1) is 10.7. The Kier molecular flexibility index (Phi) is 2.81. The van der Waals surface area contributed by atoms with Crippen molar-refractivity contribution >= 4 is 11.7 Å². The normalized spacial score (nSPS) is 36.3. The summed E-state index contributed by atoms with van der Waals surface area (Å²) in [5.41, 5.74) is 0. The van der Waals surface area contributed by atoms with Gasteiger partial charge in [0.1, 0.15) is 5.78 Å². The molecule has 0 radical (unpaired) electrons. The Morgan fingerprint density at radius 2 is 2.13 bits per heavy atom. The van der Waals surface area contributed by atoms with Crippen LogP contribution in [-0.4, -0.2) is 29.7 Å². The van der Waals surface area contributed by atoms with Crippen molar-refractivity contribution in [1.82, 2.24) is 4.90 Å². The summed E-state index contributed by atoms with van der Waals surface area (Å²) in [6.45, 7) is 5.34. The van der Waals surface area contributed by atoms with E-state index < -0.39 is 0 Å². The van der Waals surface area contributed by atoms with Gasteiger partial charge in [0.15, 0.2) is 0 Å². The van der Waals surface area contributed by atoms with E-state index in [1.807, 2.05) is 11.8 Å². The highest BCUT2D eigenvalue weighted by atomic mass is 16.2. The molecule has 2 fully saturated rings. The number of Topliss-reactive ketones (excluding diaryl/α,β-unsaturated/α-hetero) is 1. The molecule has 2 aliphatic rings. The second-order valence-corrected chi connectivity index (χ2v) is 4.97. The molecule has 1 saturated heterocycles. The summed E-state index contributed by atoms with van der Waals surface area (Å²) < 4.78 is 0. The molecule has 0 aromatic rings. The van der Waals surface area contributed by atoms with E-state index in [2.05, 4.69) is 0 Å². The molecule has 1 heterocycles. The van der Waals surface area contributed by atoms with Crippen LogP contribution in [0.15, 0.2) is 0 Å². The Hall–Kier alpha value is -0.860. The van der Waals surface area contributed by atoms with Crippen LogP contribution in [0.1, 0.15) is 33.1 Å². The van der Waals surface area contributed by atoms with Crippen LogP contribution in [0.5, 0.6) is 0 Å². The standard InChI is InChI=1S/C12H19NO2/c1-8-11-7-13(9(2)14)6-5-10(11)3-4-12(8)15/h8,10-11H,3-7H2,1-2H3/t8-,10+,11+/m1/s1. The number of hydrogen-bond donors (Lipinski definition) is 0. The van der Waals surface area contributed by atoms with Crippen molar-refractivity contribution in [2.45, 2.75) is 33.1 Å². The van der Waals surface area contributed by atoms with Crippen LogP contribution in [0.2, 0.25) is 0 Å². The van der Waals surface area contributed by atoms with Gasteiger partial charge < -0.3 is 4.90 Å². The Morgan fingerprint density at radius 1 is 1.40 bits per heavy atom. The van der Waals surface area contributed by atoms with E-state index in [1.54, 1.807) is 6.92 Å². The van der Waals surface area contributed by atoms with Crippen molar-refractivity contribution in [2.24, 2.45) is 17.8 Å².